The van der Waals surface area contributed by atoms with E-state index in [0.29, 0.717) is 6.04 Å². The van der Waals surface area contributed by atoms with Gasteiger partial charge in [-0.1, -0.05) is 39.0 Å². The Labute approximate surface area is 122 Å². The van der Waals surface area contributed by atoms with Gasteiger partial charge in [0.1, 0.15) is 0 Å². The number of hydrogen-bond acceptors (Lipinski definition) is 2. The Balaban J connectivity index is 1.88. The molecule has 2 rings (SSSR count). The van der Waals surface area contributed by atoms with Crippen LogP contribution in [0, 0.1) is 18.8 Å². The molecule has 0 radical (unpaired) electrons. The molecule has 1 unspecified atom stereocenters. The van der Waals surface area contributed by atoms with Crippen molar-refractivity contribution in [1.29, 1.82) is 0 Å². The Morgan fingerprint density at radius 3 is 2.58 bits per heavy atom. The van der Waals surface area contributed by atoms with Crippen molar-refractivity contribution in [2.24, 2.45) is 11.8 Å². The van der Waals surface area contributed by atoms with Gasteiger partial charge in [-0.15, -0.1) is 11.3 Å². The molecule has 0 aromatic carbocycles. The molecule has 1 aliphatic carbocycles. The van der Waals surface area contributed by atoms with E-state index in [-0.39, 0.29) is 0 Å². The maximum atomic E-state index is 3.57. The number of aryl methyl sites for hydroxylation is 1. The number of thiophene rings is 1. The smallest absolute Gasteiger partial charge is 0.0354 e. The van der Waals surface area contributed by atoms with Gasteiger partial charge in [0.2, 0.25) is 0 Å². The van der Waals surface area contributed by atoms with Crippen LogP contribution in [0.3, 0.4) is 0 Å². The summed E-state index contributed by atoms with van der Waals surface area (Å²) < 4.78 is 0. The highest BCUT2D eigenvalue weighted by Crippen LogP contribution is 2.39. The second kappa shape index (κ2) is 7.44. The van der Waals surface area contributed by atoms with Crippen LogP contribution in [0.2, 0.25) is 0 Å². The summed E-state index contributed by atoms with van der Waals surface area (Å²) in [6.45, 7) is 4.52. The Bertz CT molecular complexity index is 363. The summed E-state index contributed by atoms with van der Waals surface area (Å²) in [7, 11) is 2.13. The van der Waals surface area contributed by atoms with Crippen LogP contribution in [-0.2, 0) is 0 Å². The molecule has 1 heterocycles. The van der Waals surface area contributed by atoms with E-state index in [4.69, 9.17) is 0 Å². The molecule has 1 aromatic heterocycles. The van der Waals surface area contributed by atoms with Crippen molar-refractivity contribution in [2.75, 3.05) is 7.05 Å². The molecule has 0 saturated heterocycles. The standard InChI is InChI=1S/C17H29NS/c1-4-5-6-14-7-9-15(10-8-14)17(18-3)16-11-13(2)19-12-16/h11-12,14-15,17-18H,4-10H2,1-3H3. The predicted molar refractivity (Wildman–Crippen MR) is 85.8 cm³/mol. The van der Waals surface area contributed by atoms with Gasteiger partial charge in [-0.2, -0.15) is 0 Å². The molecule has 108 valence electrons. The molecule has 19 heavy (non-hydrogen) atoms. The van der Waals surface area contributed by atoms with E-state index in [0.717, 1.165) is 11.8 Å². The van der Waals surface area contributed by atoms with E-state index in [1.807, 2.05) is 11.3 Å². The van der Waals surface area contributed by atoms with Crippen molar-refractivity contribution in [3.8, 4) is 0 Å². The topological polar surface area (TPSA) is 12.0 Å². The number of unbranched alkanes of at least 4 members (excludes halogenated alkanes) is 1. The minimum absolute atomic E-state index is 0.581. The Hall–Kier alpha value is -0.340. The molecule has 0 bridgehead atoms. The zero-order valence-corrected chi connectivity index (χ0v) is 13.6. The highest BCUT2D eigenvalue weighted by atomic mass is 32.1. The summed E-state index contributed by atoms with van der Waals surface area (Å²) in [4.78, 5) is 1.44. The molecule has 1 N–H and O–H groups in total. The fourth-order valence-electron chi connectivity index (χ4n) is 3.60. The van der Waals surface area contributed by atoms with Crippen molar-refractivity contribution < 1.29 is 0 Å². The summed E-state index contributed by atoms with van der Waals surface area (Å²) in [5.74, 6) is 1.86. The van der Waals surface area contributed by atoms with E-state index >= 15 is 0 Å². The first-order valence-electron chi connectivity index (χ1n) is 7.96. The fraction of sp³-hybridized carbons (Fsp3) is 0.765. The predicted octanol–water partition coefficient (Wildman–Crippen LogP) is 5.31. The first-order chi connectivity index (χ1) is 9.24. The number of hydrogen-bond donors (Lipinski definition) is 1. The molecule has 0 amide bonds. The van der Waals surface area contributed by atoms with Crippen molar-refractivity contribution >= 4 is 11.3 Å². The van der Waals surface area contributed by atoms with E-state index in [1.165, 1.54) is 55.4 Å². The second-order valence-electron chi connectivity index (χ2n) is 6.18. The molecule has 0 spiro atoms. The van der Waals surface area contributed by atoms with Crippen LogP contribution >= 0.6 is 11.3 Å². The molecule has 1 aromatic rings. The molecule has 1 fully saturated rings. The third kappa shape index (κ3) is 4.06. The van der Waals surface area contributed by atoms with Gasteiger partial charge >= 0.3 is 0 Å². The van der Waals surface area contributed by atoms with E-state index in [2.05, 4.69) is 37.7 Å². The van der Waals surface area contributed by atoms with Gasteiger partial charge in [0.15, 0.2) is 0 Å². The number of nitrogens with one attached hydrogen (secondary N) is 1. The van der Waals surface area contributed by atoms with Gasteiger partial charge in [-0.3, -0.25) is 0 Å². The molecule has 2 heteroatoms. The van der Waals surface area contributed by atoms with Crippen LogP contribution in [0.4, 0.5) is 0 Å². The molecule has 1 aliphatic rings. The Kier molecular flexibility index (Phi) is 5.90. The van der Waals surface area contributed by atoms with Gasteiger partial charge in [0.25, 0.3) is 0 Å². The van der Waals surface area contributed by atoms with Gasteiger partial charge in [-0.25, -0.2) is 0 Å². The lowest BCUT2D eigenvalue weighted by Crippen LogP contribution is -2.28. The highest BCUT2D eigenvalue weighted by Gasteiger charge is 2.27. The van der Waals surface area contributed by atoms with E-state index in [9.17, 15) is 0 Å². The summed E-state index contributed by atoms with van der Waals surface area (Å²) >= 11 is 1.88. The lowest BCUT2D eigenvalue weighted by molar-refractivity contribution is 0.218. The molecule has 1 nitrogen and oxygen atoms in total. The zero-order chi connectivity index (χ0) is 13.7. The summed E-state index contributed by atoms with van der Waals surface area (Å²) in [5, 5.41) is 5.91. The van der Waals surface area contributed by atoms with E-state index < -0.39 is 0 Å². The molecular weight excluding hydrogens is 250 g/mol. The SMILES string of the molecule is CCCCC1CCC(C(NC)c2csc(C)c2)CC1. The maximum absolute atomic E-state index is 3.57. The van der Waals surface area contributed by atoms with Crippen molar-refractivity contribution in [2.45, 2.75) is 64.8 Å². The van der Waals surface area contributed by atoms with Gasteiger partial charge < -0.3 is 5.32 Å². The third-order valence-electron chi connectivity index (χ3n) is 4.75. The molecule has 1 atom stereocenters. The van der Waals surface area contributed by atoms with Gasteiger partial charge in [0.05, 0.1) is 0 Å². The summed E-state index contributed by atoms with van der Waals surface area (Å²) in [6.07, 6.45) is 9.97. The summed E-state index contributed by atoms with van der Waals surface area (Å²) in [5.41, 5.74) is 1.52. The van der Waals surface area contributed by atoms with Crippen LogP contribution in [0.5, 0.6) is 0 Å². The fourth-order valence-corrected chi connectivity index (χ4v) is 4.35. The molecular formula is C17H29NS. The zero-order valence-electron chi connectivity index (χ0n) is 12.7. The molecule has 0 aliphatic heterocycles. The molecule has 1 saturated carbocycles. The van der Waals surface area contributed by atoms with Gasteiger partial charge in [-0.05, 0) is 55.7 Å². The van der Waals surface area contributed by atoms with Crippen molar-refractivity contribution in [3.05, 3.63) is 21.9 Å². The van der Waals surface area contributed by atoms with Crippen LogP contribution in [-0.4, -0.2) is 7.05 Å². The van der Waals surface area contributed by atoms with Crippen LogP contribution in [0.15, 0.2) is 11.4 Å². The van der Waals surface area contributed by atoms with E-state index in [1.54, 1.807) is 0 Å². The van der Waals surface area contributed by atoms with Crippen LogP contribution in [0.1, 0.15) is 68.4 Å². The lowest BCUT2D eigenvalue weighted by atomic mass is 9.75. The van der Waals surface area contributed by atoms with Crippen molar-refractivity contribution in [3.63, 3.8) is 0 Å². The van der Waals surface area contributed by atoms with Crippen LogP contribution < -0.4 is 5.32 Å². The summed E-state index contributed by atoms with van der Waals surface area (Å²) in [6, 6.07) is 2.95. The largest absolute Gasteiger partial charge is 0.313 e. The van der Waals surface area contributed by atoms with Crippen LogP contribution in [0.25, 0.3) is 0 Å². The number of rotatable bonds is 6. The minimum atomic E-state index is 0.581. The first kappa shape index (κ1) is 15.1. The minimum Gasteiger partial charge on any atom is -0.313 e. The normalized spacial score (nSPS) is 25.4. The average Bonchev–Trinajstić information content (AvgIpc) is 2.85. The Morgan fingerprint density at radius 1 is 1.32 bits per heavy atom. The third-order valence-corrected chi connectivity index (χ3v) is 5.63. The van der Waals surface area contributed by atoms with Crippen molar-refractivity contribution in [1.82, 2.24) is 5.32 Å². The second-order valence-corrected chi connectivity index (χ2v) is 7.30. The quantitative estimate of drug-likeness (QED) is 0.743. The highest BCUT2D eigenvalue weighted by molar-refractivity contribution is 7.10. The monoisotopic (exact) mass is 279 g/mol. The average molecular weight is 279 g/mol. The first-order valence-corrected chi connectivity index (χ1v) is 8.84. The Morgan fingerprint density at radius 2 is 2.05 bits per heavy atom. The maximum Gasteiger partial charge on any atom is 0.0354 e. The lowest BCUT2D eigenvalue weighted by Gasteiger charge is -2.33. The van der Waals surface area contributed by atoms with Gasteiger partial charge in [0, 0.05) is 10.9 Å².